The zero-order valence-electron chi connectivity index (χ0n) is 16.4. The molecule has 0 saturated heterocycles. The van der Waals surface area contributed by atoms with Crippen LogP contribution in [0.4, 0.5) is 0 Å². The molecule has 0 aliphatic heterocycles. The van der Waals surface area contributed by atoms with Gasteiger partial charge in [-0.1, -0.05) is 39.5 Å². The molecule has 0 radical (unpaired) electrons. The first-order chi connectivity index (χ1) is 11.5. The van der Waals surface area contributed by atoms with E-state index < -0.39 is 0 Å². The molecule has 2 aliphatic carbocycles. The second kappa shape index (κ2) is 7.67. The average molecular weight is 385 g/mol. The number of hydrogen-bond donors (Lipinski definition) is 0. The quantitative estimate of drug-likeness (QED) is 0.620. The smallest absolute Gasteiger partial charge is 0.220 e. The lowest BCUT2D eigenvalue weighted by molar-refractivity contribution is -0.123. The minimum absolute atomic E-state index is 0.000492. The zero-order valence-corrected chi connectivity index (χ0v) is 18.0. The summed E-state index contributed by atoms with van der Waals surface area (Å²) in [6, 6.07) is 0. The van der Waals surface area contributed by atoms with Crippen LogP contribution in [0.15, 0.2) is 0 Å². The molecule has 2 fully saturated rings. The number of fused-ring (bicyclic) bond motifs is 1. The molecular formula is C20H32O3S2. The molecule has 5 heteroatoms. The van der Waals surface area contributed by atoms with Gasteiger partial charge in [0.15, 0.2) is 0 Å². The van der Waals surface area contributed by atoms with Gasteiger partial charge < -0.3 is 4.74 Å². The third-order valence-electron chi connectivity index (χ3n) is 6.08. The summed E-state index contributed by atoms with van der Waals surface area (Å²) in [5, 5.41) is 0.281. The van der Waals surface area contributed by atoms with Crippen molar-refractivity contribution in [3.63, 3.8) is 0 Å². The topological polar surface area (TPSA) is 43.4 Å². The molecule has 2 aliphatic rings. The van der Waals surface area contributed by atoms with E-state index in [0.717, 1.165) is 12.8 Å². The fourth-order valence-electron chi connectivity index (χ4n) is 5.27. The first-order valence-electron chi connectivity index (χ1n) is 9.35. The lowest BCUT2D eigenvalue weighted by Crippen LogP contribution is -2.45. The number of thiocarbonyl (C=S) groups is 1. The van der Waals surface area contributed by atoms with E-state index in [1.807, 2.05) is 13.8 Å². The Hall–Kier alpha value is -0.420. The summed E-state index contributed by atoms with van der Waals surface area (Å²) >= 11 is 7.04. The fraction of sp³-hybridized carbons (Fsp3) is 0.850. The minimum atomic E-state index is -0.0595. The van der Waals surface area contributed by atoms with Gasteiger partial charge in [-0.05, 0) is 62.1 Å². The highest BCUT2D eigenvalue weighted by Crippen LogP contribution is 2.61. The van der Waals surface area contributed by atoms with E-state index in [1.165, 1.54) is 0 Å². The Balaban J connectivity index is 2.31. The zero-order chi connectivity index (χ0) is 19.0. The molecule has 0 aromatic rings. The summed E-state index contributed by atoms with van der Waals surface area (Å²) in [7, 11) is 0. The van der Waals surface area contributed by atoms with Crippen molar-refractivity contribution < 1.29 is 14.3 Å². The molecule has 25 heavy (non-hydrogen) atoms. The number of rotatable bonds is 5. The van der Waals surface area contributed by atoms with Crippen LogP contribution in [0.1, 0.15) is 67.2 Å². The molecule has 2 rings (SSSR count). The van der Waals surface area contributed by atoms with Crippen LogP contribution in [-0.4, -0.2) is 27.8 Å². The van der Waals surface area contributed by atoms with E-state index in [2.05, 4.69) is 20.8 Å². The van der Waals surface area contributed by atoms with Crippen molar-refractivity contribution in [2.75, 3.05) is 6.61 Å². The van der Waals surface area contributed by atoms with Crippen molar-refractivity contribution >= 4 is 39.9 Å². The Morgan fingerprint density at radius 2 is 2.04 bits per heavy atom. The van der Waals surface area contributed by atoms with Crippen LogP contribution in [0.25, 0.3) is 0 Å². The van der Waals surface area contributed by atoms with E-state index >= 15 is 0 Å². The highest BCUT2D eigenvalue weighted by Gasteiger charge is 2.58. The van der Waals surface area contributed by atoms with E-state index in [1.54, 1.807) is 18.7 Å². The first kappa shape index (κ1) is 20.9. The number of carbonyl (C=O) groups excluding carboxylic acids is 2. The second-order valence-electron chi connectivity index (χ2n) is 9.06. The molecule has 0 spiro atoms. The van der Waals surface area contributed by atoms with Crippen molar-refractivity contribution in [2.24, 2.45) is 28.6 Å². The monoisotopic (exact) mass is 384 g/mol. The summed E-state index contributed by atoms with van der Waals surface area (Å²) < 4.78 is 6.12. The van der Waals surface area contributed by atoms with E-state index in [4.69, 9.17) is 17.0 Å². The molecule has 0 bridgehead atoms. The molecule has 3 nitrogen and oxygen atoms in total. The van der Waals surface area contributed by atoms with Crippen LogP contribution in [0.3, 0.4) is 0 Å². The van der Waals surface area contributed by atoms with Gasteiger partial charge in [0.25, 0.3) is 0 Å². The van der Waals surface area contributed by atoms with E-state index in [0.29, 0.717) is 29.6 Å². The summed E-state index contributed by atoms with van der Waals surface area (Å²) in [5.74, 6) is 0.702. The van der Waals surface area contributed by atoms with Crippen molar-refractivity contribution in [2.45, 2.75) is 72.5 Å². The maximum Gasteiger partial charge on any atom is 0.220 e. The largest absolute Gasteiger partial charge is 0.479 e. The van der Waals surface area contributed by atoms with Crippen LogP contribution >= 0.6 is 24.0 Å². The number of ketones is 2. The molecule has 0 N–H and O–H groups in total. The highest BCUT2D eigenvalue weighted by molar-refractivity contribution is 8.23. The third kappa shape index (κ3) is 4.65. The number of hydrogen-bond acceptors (Lipinski definition) is 5. The fourth-order valence-corrected chi connectivity index (χ4v) is 7.39. The lowest BCUT2D eigenvalue weighted by atomic mass is 9.58. The molecule has 0 amide bonds. The average Bonchev–Trinajstić information content (AvgIpc) is 2.67. The van der Waals surface area contributed by atoms with Crippen molar-refractivity contribution in [1.29, 1.82) is 0 Å². The normalized spacial score (nSPS) is 35.1. The van der Waals surface area contributed by atoms with E-state index in [9.17, 15) is 9.59 Å². The Kier molecular flexibility index (Phi) is 6.41. The maximum atomic E-state index is 12.9. The molecule has 2 saturated carbocycles. The number of carbonyl (C=O) groups is 2. The molecular weight excluding hydrogens is 352 g/mol. The summed E-state index contributed by atoms with van der Waals surface area (Å²) in [6.45, 7) is 13.0. The minimum Gasteiger partial charge on any atom is -0.479 e. The van der Waals surface area contributed by atoms with Crippen LogP contribution in [0, 0.1) is 28.6 Å². The third-order valence-corrected chi connectivity index (χ3v) is 7.56. The summed E-state index contributed by atoms with van der Waals surface area (Å²) in [6.07, 6.45) is 3.39. The highest BCUT2D eigenvalue weighted by atomic mass is 32.2. The van der Waals surface area contributed by atoms with Gasteiger partial charge >= 0.3 is 0 Å². The number of thioether (sulfide) groups is 1. The molecule has 0 aromatic heterocycles. The number of Topliss-reactive ketones (excluding diaryl/α,β-unsaturated/α-hetero) is 2. The molecule has 3 unspecified atom stereocenters. The van der Waals surface area contributed by atoms with Crippen LogP contribution in [-0.2, 0) is 14.3 Å². The first-order valence-corrected chi connectivity index (χ1v) is 10.6. The van der Waals surface area contributed by atoms with Crippen LogP contribution in [0.2, 0.25) is 0 Å². The Morgan fingerprint density at radius 1 is 1.40 bits per heavy atom. The Labute approximate surface area is 162 Å². The lowest BCUT2D eigenvalue weighted by Gasteiger charge is -2.50. The maximum absolute atomic E-state index is 12.9. The molecule has 0 aromatic carbocycles. The van der Waals surface area contributed by atoms with Gasteiger partial charge in [0, 0.05) is 23.5 Å². The number of ether oxygens (including phenoxy) is 1. The Bertz CT molecular complexity index is 557. The Morgan fingerprint density at radius 3 is 2.60 bits per heavy atom. The predicted octanol–water partition coefficient (Wildman–Crippen LogP) is 5.06. The molecule has 5 atom stereocenters. The van der Waals surface area contributed by atoms with Gasteiger partial charge in [0.2, 0.25) is 4.38 Å². The van der Waals surface area contributed by atoms with Crippen molar-refractivity contribution in [1.82, 2.24) is 0 Å². The van der Waals surface area contributed by atoms with Gasteiger partial charge in [-0.15, -0.1) is 0 Å². The van der Waals surface area contributed by atoms with Crippen LogP contribution < -0.4 is 0 Å². The van der Waals surface area contributed by atoms with Gasteiger partial charge in [0.1, 0.15) is 11.6 Å². The standard InChI is InChI=1S/C20H32O3S2/c1-7-23-18(24)25-16-10-19(4,5)11-20(6)9-15(22)14(17(16)20)8-12(2)13(3)21/h12,14,16-17H,7-11H2,1-6H3/t12?,14?,16?,17-,20+/m1/s1. The summed E-state index contributed by atoms with van der Waals surface area (Å²) in [4.78, 5) is 24.7. The van der Waals surface area contributed by atoms with Gasteiger partial charge in [-0.2, -0.15) is 0 Å². The van der Waals surface area contributed by atoms with Crippen LogP contribution in [0.5, 0.6) is 0 Å². The van der Waals surface area contributed by atoms with E-state index in [-0.39, 0.29) is 39.6 Å². The van der Waals surface area contributed by atoms with Gasteiger partial charge in [-0.25, -0.2) is 0 Å². The molecule has 142 valence electrons. The van der Waals surface area contributed by atoms with Gasteiger partial charge in [0.05, 0.1) is 6.61 Å². The summed E-state index contributed by atoms with van der Waals surface area (Å²) in [5.41, 5.74) is 0.186. The molecule has 0 heterocycles. The van der Waals surface area contributed by atoms with Crippen molar-refractivity contribution in [3.8, 4) is 0 Å². The second-order valence-corrected chi connectivity index (χ2v) is 10.9. The van der Waals surface area contributed by atoms with Gasteiger partial charge in [-0.3, -0.25) is 9.59 Å². The SMILES string of the molecule is CCOC(=S)SC1CC(C)(C)C[C@]2(C)CC(=O)C(CC(C)C(C)=O)[C@H]12. The van der Waals surface area contributed by atoms with Crippen molar-refractivity contribution in [3.05, 3.63) is 0 Å². The predicted molar refractivity (Wildman–Crippen MR) is 108 cm³/mol.